The van der Waals surface area contributed by atoms with E-state index in [9.17, 15) is 26.8 Å². The zero-order chi connectivity index (χ0) is 22.2. The minimum atomic E-state index is -4.57. The van der Waals surface area contributed by atoms with E-state index < -0.39 is 38.1 Å². The molecule has 0 bridgehead atoms. The molecule has 0 saturated carbocycles. The highest BCUT2D eigenvalue weighted by molar-refractivity contribution is 7.97. The van der Waals surface area contributed by atoms with Crippen molar-refractivity contribution < 1.29 is 26.8 Å². The van der Waals surface area contributed by atoms with E-state index in [1.54, 1.807) is 17.0 Å². The SMILES string of the molecule is O=C1C(N2CCCCCC2)=C(S(=O)(=O)Nc2ccc(F)c(F)c2)C(=O)c2ccccc21. The largest absolute Gasteiger partial charge is 0.367 e. The Labute approximate surface area is 178 Å². The van der Waals surface area contributed by atoms with E-state index in [4.69, 9.17) is 0 Å². The fourth-order valence-electron chi connectivity index (χ4n) is 3.94. The zero-order valence-electron chi connectivity index (χ0n) is 16.5. The van der Waals surface area contributed by atoms with Gasteiger partial charge in [0.25, 0.3) is 10.0 Å². The summed E-state index contributed by atoms with van der Waals surface area (Å²) < 4.78 is 55.5. The van der Waals surface area contributed by atoms with Gasteiger partial charge in [-0.1, -0.05) is 37.1 Å². The van der Waals surface area contributed by atoms with Crippen molar-refractivity contribution in [3.63, 3.8) is 0 Å². The van der Waals surface area contributed by atoms with Gasteiger partial charge in [-0.15, -0.1) is 0 Å². The molecule has 1 saturated heterocycles. The Bertz CT molecular complexity index is 1200. The number of hydrogen-bond acceptors (Lipinski definition) is 5. The smallest absolute Gasteiger partial charge is 0.268 e. The molecule has 1 aliphatic carbocycles. The number of rotatable bonds is 4. The minimum Gasteiger partial charge on any atom is -0.367 e. The standard InChI is InChI=1S/C22H20F2N2O4S/c23-17-10-9-14(13-18(17)24)25-31(29,30)22-19(26-11-5-1-2-6-12-26)20(27)15-7-3-4-8-16(15)21(22)28/h3-4,7-10,13,25H,1-2,5-6,11-12H2. The maximum Gasteiger partial charge on any atom is 0.268 e. The van der Waals surface area contributed by atoms with Crippen LogP contribution in [0.2, 0.25) is 0 Å². The van der Waals surface area contributed by atoms with Crippen molar-refractivity contribution in [3.05, 3.63) is 75.8 Å². The van der Waals surface area contributed by atoms with Crippen molar-refractivity contribution in [2.45, 2.75) is 25.7 Å². The predicted octanol–water partition coefficient (Wildman–Crippen LogP) is 3.87. The van der Waals surface area contributed by atoms with Gasteiger partial charge in [0.1, 0.15) is 5.70 Å². The molecule has 31 heavy (non-hydrogen) atoms. The van der Waals surface area contributed by atoms with Crippen molar-refractivity contribution in [2.24, 2.45) is 0 Å². The highest BCUT2D eigenvalue weighted by atomic mass is 32.2. The number of halogens is 2. The lowest BCUT2D eigenvalue weighted by atomic mass is 9.91. The molecule has 1 fully saturated rings. The van der Waals surface area contributed by atoms with Crippen molar-refractivity contribution in [3.8, 4) is 0 Å². The highest BCUT2D eigenvalue weighted by Crippen LogP contribution is 2.33. The van der Waals surface area contributed by atoms with Crippen LogP contribution in [0.3, 0.4) is 0 Å². The van der Waals surface area contributed by atoms with Gasteiger partial charge in [0.15, 0.2) is 16.5 Å². The van der Waals surface area contributed by atoms with Crippen LogP contribution < -0.4 is 4.72 Å². The van der Waals surface area contributed by atoms with Crippen LogP contribution in [0.15, 0.2) is 53.1 Å². The molecule has 2 aromatic carbocycles. The first-order valence-electron chi connectivity index (χ1n) is 9.95. The highest BCUT2D eigenvalue weighted by Gasteiger charge is 2.41. The maximum absolute atomic E-state index is 13.6. The predicted molar refractivity (Wildman–Crippen MR) is 111 cm³/mol. The number of hydrogen-bond donors (Lipinski definition) is 1. The summed E-state index contributed by atoms with van der Waals surface area (Å²) >= 11 is 0. The number of Topliss-reactive ketones (excluding diaryl/α,β-unsaturated/α-hetero) is 2. The van der Waals surface area contributed by atoms with Crippen molar-refractivity contribution in [2.75, 3.05) is 17.8 Å². The van der Waals surface area contributed by atoms with E-state index in [-0.39, 0.29) is 22.5 Å². The second-order valence-corrected chi connectivity index (χ2v) is 9.14. The number of anilines is 1. The van der Waals surface area contributed by atoms with E-state index in [0.29, 0.717) is 19.2 Å². The van der Waals surface area contributed by atoms with Crippen LogP contribution in [0.4, 0.5) is 14.5 Å². The summed E-state index contributed by atoms with van der Waals surface area (Å²) in [6.07, 6.45) is 3.41. The van der Waals surface area contributed by atoms with Gasteiger partial charge in [0.2, 0.25) is 11.6 Å². The maximum atomic E-state index is 13.6. The van der Waals surface area contributed by atoms with Gasteiger partial charge >= 0.3 is 0 Å². The molecule has 0 atom stereocenters. The normalized spacial score (nSPS) is 17.4. The van der Waals surface area contributed by atoms with E-state index in [1.807, 2.05) is 0 Å². The molecule has 0 aromatic heterocycles. The molecule has 1 N–H and O–H groups in total. The molecule has 162 valence electrons. The number of allylic oxidation sites excluding steroid dienone is 2. The van der Waals surface area contributed by atoms with E-state index >= 15 is 0 Å². The number of nitrogens with zero attached hydrogens (tertiary/aromatic N) is 1. The second-order valence-electron chi connectivity index (χ2n) is 7.52. The van der Waals surface area contributed by atoms with Crippen LogP contribution in [0.1, 0.15) is 46.4 Å². The van der Waals surface area contributed by atoms with Gasteiger partial charge in [-0.05, 0) is 25.0 Å². The van der Waals surface area contributed by atoms with Crippen molar-refractivity contribution in [1.29, 1.82) is 0 Å². The lowest BCUT2D eigenvalue weighted by Gasteiger charge is -2.30. The molecule has 1 aliphatic heterocycles. The summed E-state index contributed by atoms with van der Waals surface area (Å²) in [5.74, 6) is -3.71. The van der Waals surface area contributed by atoms with E-state index in [1.165, 1.54) is 12.1 Å². The third-order valence-electron chi connectivity index (χ3n) is 5.42. The van der Waals surface area contributed by atoms with Gasteiger partial charge in [-0.3, -0.25) is 14.3 Å². The molecule has 1 heterocycles. The van der Waals surface area contributed by atoms with Crippen LogP contribution in [0.25, 0.3) is 0 Å². The summed E-state index contributed by atoms with van der Waals surface area (Å²) in [5.41, 5.74) is -0.267. The van der Waals surface area contributed by atoms with Gasteiger partial charge in [-0.25, -0.2) is 17.2 Å². The molecule has 6 nitrogen and oxygen atoms in total. The number of sulfonamides is 1. The average Bonchev–Trinajstić information content (AvgIpc) is 3.02. The molecule has 2 aromatic rings. The number of benzene rings is 2. The molecule has 9 heteroatoms. The van der Waals surface area contributed by atoms with Crippen LogP contribution in [-0.4, -0.2) is 38.0 Å². The third-order valence-corrected chi connectivity index (χ3v) is 6.84. The Morgan fingerprint density at radius 2 is 1.42 bits per heavy atom. The van der Waals surface area contributed by atoms with Crippen LogP contribution in [-0.2, 0) is 10.0 Å². The summed E-state index contributed by atoms with van der Waals surface area (Å²) in [6, 6.07) is 8.58. The molecule has 0 amide bonds. The number of likely N-dealkylation sites (tertiary alicyclic amines) is 1. The average molecular weight is 446 g/mol. The lowest BCUT2D eigenvalue weighted by molar-refractivity contribution is 0.0947. The second kappa shape index (κ2) is 8.22. The molecule has 0 radical (unpaired) electrons. The fourth-order valence-corrected chi connectivity index (χ4v) is 5.31. The number of fused-ring (bicyclic) bond motifs is 1. The Morgan fingerprint density at radius 3 is 2.03 bits per heavy atom. The number of ketones is 2. The Hall–Kier alpha value is -3.07. The van der Waals surface area contributed by atoms with Crippen LogP contribution >= 0.6 is 0 Å². The number of carbonyl (C=O) groups is 2. The van der Waals surface area contributed by atoms with Crippen molar-refractivity contribution >= 4 is 27.3 Å². The molecule has 0 unspecified atom stereocenters. The van der Waals surface area contributed by atoms with Crippen molar-refractivity contribution in [1.82, 2.24) is 4.90 Å². The third kappa shape index (κ3) is 3.97. The topological polar surface area (TPSA) is 83.6 Å². The lowest BCUT2D eigenvalue weighted by Crippen LogP contribution is -2.38. The first-order chi connectivity index (χ1) is 14.8. The monoisotopic (exact) mass is 446 g/mol. The minimum absolute atomic E-state index is 0.00302. The Balaban J connectivity index is 1.86. The quantitative estimate of drug-likeness (QED) is 0.771. The van der Waals surface area contributed by atoms with Crippen LogP contribution in [0, 0.1) is 11.6 Å². The summed E-state index contributed by atoms with van der Waals surface area (Å²) in [4.78, 5) is 27.6. The fraction of sp³-hybridized carbons (Fsp3) is 0.273. The van der Waals surface area contributed by atoms with Gasteiger partial charge in [0.05, 0.1) is 5.69 Å². The summed E-state index contributed by atoms with van der Waals surface area (Å²) in [5, 5.41) is 0. The number of nitrogens with one attached hydrogen (secondary N) is 1. The molecular weight excluding hydrogens is 426 g/mol. The number of carbonyl (C=O) groups excluding carboxylic acids is 2. The molecule has 2 aliphatic rings. The summed E-state index contributed by atoms with van der Waals surface area (Å²) in [6.45, 7) is 0.890. The zero-order valence-corrected chi connectivity index (χ0v) is 17.3. The van der Waals surface area contributed by atoms with Crippen LogP contribution in [0.5, 0.6) is 0 Å². The first kappa shape index (κ1) is 21.2. The first-order valence-corrected chi connectivity index (χ1v) is 11.4. The van der Waals surface area contributed by atoms with E-state index in [0.717, 1.165) is 37.8 Å². The van der Waals surface area contributed by atoms with Gasteiger partial charge in [0, 0.05) is 30.3 Å². The molecular formula is C22H20F2N2O4S. The summed E-state index contributed by atoms with van der Waals surface area (Å²) in [7, 11) is -4.57. The Kier molecular flexibility index (Phi) is 5.62. The Morgan fingerprint density at radius 1 is 0.806 bits per heavy atom. The molecule has 0 spiro atoms. The van der Waals surface area contributed by atoms with Gasteiger partial charge in [-0.2, -0.15) is 0 Å². The van der Waals surface area contributed by atoms with Gasteiger partial charge < -0.3 is 4.90 Å². The van der Waals surface area contributed by atoms with E-state index in [2.05, 4.69) is 4.72 Å². The molecule has 4 rings (SSSR count).